The van der Waals surface area contributed by atoms with E-state index in [1.807, 2.05) is 13.8 Å². The SMILES string of the molecule is CC(C)C(=O)CN1CCCCCC1C. The van der Waals surface area contributed by atoms with E-state index in [2.05, 4.69) is 11.8 Å². The lowest BCUT2D eigenvalue weighted by Crippen LogP contribution is -2.38. The van der Waals surface area contributed by atoms with E-state index in [1.165, 1.54) is 25.7 Å². The highest BCUT2D eigenvalue weighted by atomic mass is 16.1. The Morgan fingerprint density at radius 1 is 1.36 bits per heavy atom. The number of carbonyl (C=O) groups excluding carboxylic acids is 1. The molecule has 0 aromatic rings. The molecule has 2 heteroatoms. The minimum atomic E-state index is 0.186. The van der Waals surface area contributed by atoms with Gasteiger partial charge in [0.2, 0.25) is 0 Å². The van der Waals surface area contributed by atoms with Gasteiger partial charge >= 0.3 is 0 Å². The number of carbonyl (C=O) groups is 1. The summed E-state index contributed by atoms with van der Waals surface area (Å²) in [5.41, 5.74) is 0. The van der Waals surface area contributed by atoms with Gasteiger partial charge in [-0.3, -0.25) is 9.69 Å². The van der Waals surface area contributed by atoms with E-state index in [0.29, 0.717) is 18.4 Å². The Balaban J connectivity index is 2.44. The molecular weight excluding hydrogens is 174 g/mol. The number of hydrogen-bond acceptors (Lipinski definition) is 2. The number of hydrogen-bond donors (Lipinski definition) is 0. The van der Waals surface area contributed by atoms with Crippen LogP contribution < -0.4 is 0 Å². The summed E-state index contributed by atoms with van der Waals surface area (Å²) >= 11 is 0. The van der Waals surface area contributed by atoms with E-state index in [-0.39, 0.29) is 5.92 Å². The summed E-state index contributed by atoms with van der Waals surface area (Å²) in [7, 11) is 0. The van der Waals surface area contributed by atoms with Crippen molar-refractivity contribution in [3.63, 3.8) is 0 Å². The molecule has 0 bridgehead atoms. The normalized spacial score (nSPS) is 25.0. The maximum Gasteiger partial charge on any atom is 0.149 e. The van der Waals surface area contributed by atoms with Gasteiger partial charge in [0.15, 0.2) is 0 Å². The minimum Gasteiger partial charge on any atom is -0.298 e. The van der Waals surface area contributed by atoms with Crippen molar-refractivity contribution in [1.82, 2.24) is 4.90 Å². The molecule has 1 aliphatic heterocycles. The zero-order valence-electron chi connectivity index (χ0n) is 9.75. The number of likely N-dealkylation sites (tertiary alicyclic amines) is 1. The standard InChI is InChI=1S/C12H23NO/c1-10(2)12(14)9-13-8-6-4-5-7-11(13)3/h10-11H,4-9H2,1-3H3. The molecule has 1 aliphatic rings. The minimum absolute atomic E-state index is 0.186. The fourth-order valence-electron chi connectivity index (χ4n) is 1.95. The van der Waals surface area contributed by atoms with Crippen LogP contribution >= 0.6 is 0 Å². The molecule has 1 heterocycles. The molecule has 0 saturated carbocycles. The predicted molar refractivity (Wildman–Crippen MR) is 59.3 cm³/mol. The molecule has 0 aromatic carbocycles. The first-order chi connectivity index (χ1) is 6.61. The summed E-state index contributed by atoms with van der Waals surface area (Å²) in [5.74, 6) is 0.573. The van der Waals surface area contributed by atoms with Gasteiger partial charge in [-0.1, -0.05) is 26.7 Å². The second-order valence-corrected chi connectivity index (χ2v) is 4.79. The third-order valence-corrected chi connectivity index (χ3v) is 3.19. The number of Topliss-reactive ketones (excluding diaryl/α,β-unsaturated/α-hetero) is 1. The first-order valence-corrected chi connectivity index (χ1v) is 5.88. The van der Waals surface area contributed by atoms with E-state index in [1.54, 1.807) is 0 Å². The fourth-order valence-corrected chi connectivity index (χ4v) is 1.95. The molecule has 0 amide bonds. The van der Waals surface area contributed by atoms with Gasteiger partial charge in [0, 0.05) is 12.0 Å². The average Bonchev–Trinajstić information content (AvgIpc) is 2.32. The summed E-state index contributed by atoms with van der Waals surface area (Å²) < 4.78 is 0. The quantitative estimate of drug-likeness (QED) is 0.692. The van der Waals surface area contributed by atoms with Crippen molar-refractivity contribution in [2.75, 3.05) is 13.1 Å². The van der Waals surface area contributed by atoms with E-state index in [0.717, 1.165) is 6.54 Å². The lowest BCUT2D eigenvalue weighted by molar-refractivity contribution is -0.123. The predicted octanol–water partition coefficient (Wildman–Crippen LogP) is 2.48. The van der Waals surface area contributed by atoms with Crippen molar-refractivity contribution in [2.45, 2.75) is 52.5 Å². The Bertz CT molecular complexity index is 189. The molecule has 0 aromatic heterocycles. The molecule has 0 spiro atoms. The third kappa shape index (κ3) is 3.41. The van der Waals surface area contributed by atoms with Crippen LogP contribution in [0.1, 0.15) is 46.5 Å². The highest BCUT2D eigenvalue weighted by Crippen LogP contribution is 2.16. The van der Waals surface area contributed by atoms with Crippen molar-refractivity contribution in [3.8, 4) is 0 Å². The lowest BCUT2D eigenvalue weighted by atomic mass is 10.1. The maximum absolute atomic E-state index is 11.6. The van der Waals surface area contributed by atoms with Gasteiger partial charge < -0.3 is 0 Å². The topological polar surface area (TPSA) is 20.3 Å². The Kier molecular flexibility index (Phi) is 4.59. The number of nitrogens with zero attached hydrogens (tertiary/aromatic N) is 1. The second kappa shape index (κ2) is 5.50. The van der Waals surface area contributed by atoms with Crippen molar-refractivity contribution >= 4 is 5.78 Å². The smallest absolute Gasteiger partial charge is 0.149 e. The van der Waals surface area contributed by atoms with Crippen molar-refractivity contribution in [1.29, 1.82) is 0 Å². The van der Waals surface area contributed by atoms with Gasteiger partial charge in [-0.15, -0.1) is 0 Å². The molecule has 1 atom stereocenters. The molecular formula is C12H23NO. The van der Waals surface area contributed by atoms with Crippen molar-refractivity contribution in [3.05, 3.63) is 0 Å². The van der Waals surface area contributed by atoms with Gasteiger partial charge in [0.1, 0.15) is 5.78 Å². The fraction of sp³-hybridized carbons (Fsp3) is 0.917. The molecule has 1 fully saturated rings. The zero-order valence-corrected chi connectivity index (χ0v) is 9.75. The van der Waals surface area contributed by atoms with Crippen LogP contribution in [0.25, 0.3) is 0 Å². The largest absolute Gasteiger partial charge is 0.298 e. The summed E-state index contributed by atoms with van der Waals surface area (Å²) in [6, 6.07) is 0.597. The highest BCUT2D eigenvalue weighted by Gasteiger charge is 2.20. The molecule has 0 radical (unpaired) electrons. The molecule has 82 valence electrons. The van der Waals surface area contributed by atoms with Crippen LogP contribution in [0.3, 0.4) is 0 Å². The third-order valence-electron chi connectivity index (χ3n) is 3.19. The molecule has 0 N–H and O–H groups in total. The summed E-state index contributed by atoms with van der Waals surface area (Å²) in [6.45, 7) is 8.01. The Morgan fingerprint density at radius 2 is 2.07 bits per heavy atom. The van der Waals surface area contributed by atoms with Crippen LogP contribution in [0.2, 0.25) is 0 Å². The van der Waals surface area contributed by atoms with Crippen LogP contribution in [0.5, 0.6) is 0 Å². The molecule has 1 rings (SSSR count). The Morgan fingerprint density at radius 3 is 2.71 bits per heavy atom. The maximum atomic E-state index is 11.6. The van der Waals surface area contributed by atoms with E-state index in [4.69, 9.17) is 0 Å². The zero-order chi connectivity index (χ0) is 10.6. The summed E-state index contributed by atoms with van der Waals surface area (Å²) in [6.07, 6.45) is 5.17. The van der Waals surface area contributed by atoms with Crippen LogP contribution in [0.15, 0.2) is 0 Å². The van der Waals surface area contributed by atoms with E-state index < -0.39 is 0 Å². The lowest BCUT2D eigenvalue weighted by Gasteiger charge is -2.26. The first kappa shape index (κ1) is 11.7. The number of ketones is 1. The molecule has 1 saturated heterocycles. The van der Waals surface area contributed by atoms with Gasteiger partial charge in [-0.25, -0.2) is 0 Å². The van der Waals surface area contributed by atoms with E-state index >= 15 is 0 Å². The van der Waals surface area contributed by atoms with Crippen molar-refractivity contribution < 1.29 is 4.79 Å². The Hall–Kier alpha value is -0.370. The van der Waals surface area contributed by atoms with Gasteiger partial charge in [-0.05, 0) is 26.3 Å². The van der Waals surface area contributed by atoms with Crippen LogP contribution in [0, 0.1) is 5.92 Å². The van der Waals surface area contributed by atoms with Gasteiger partial charge in [-0.2, -0.15) is 0 Å². The molecule has 0 aliphatic carbocycles. The molecule has 2 nitrogen and oxygen atoms in total. The van der Waals surface area contributed by atoms with Crippen LogP contribution in [-0.4, -0.2) is 29.8 Å². The summed E-state index contributed by atoms with van der Waals surface area (Å²) in [4.78, 5) is 14.0. The second-order valence-electron chi connectivity index (χ2n) is 4.79. The number of rotatable bonds is 3. The van der Waals surface area contributed by atoms with Crippen LogP contribution in [-0.2, 0) is 4.79 Å². The Labute approximate surface area is 87.7 Å². The average molecular weight is 197 g/mol. The van der Waals surface area contributed by atoms with Crippen molar-refractivity contribution in [2.24, 2.45) is 5.92 Å². The molecule has 14 heavy (non-hydrogen) atoms. The molecule has 1 unspecified atom stereocenters. The monoisotopic (exact) mass is 197 g/mol. The summed E-state index contributed by atoms with van der Waals surface area (Å²) in [5, 5.41) is 0. The first-order valence-electron chi connectivity index (χ1n) is 5.88. The van der Waals surface area contributed by atoms with Crippen LogP contribution in [0.4, 0.5) is 0 Å². The van der Waals surface area contributed by atoms with Gasteiger partial charge in [0.25, 0.3) is 0 Å². The van der Waals surface area contributed by atoms with E-state index in [9.17, 15) is 4.79 Å². The highest BCUT2D eigenvalue weighted by molar-refractivity contribution is 5.82. The van der Waals surface area contributed by atoms with Gasteiger partial charge in [0.05, 0.1) is 6.54 Å².